The second kappa shape index (κ2) is 4.35. The first kappa shape index (κ1) is 11.1. The van der Waals surface area contributed by atoms with Gasteiger partial charge in [-0.1, -0.05) is 23.7 Å². The number of hydrogen-bond donors (Lipinski definition) is 0. The SMILES string of the molecule is N#C[C@@H]1C2CCC(CC2)[C@@H]1c1cccc(Cl)c1. The van der Waals surface area contributed by atoms with Crippen LogP contribution in [0.2, 0.25) is 5.02 Å². The van der Waals surface area contributed by atoms with Crippen molar-refractivity contribution in [1.29, 1.82) is 5.26 Å². The lowest BCUT2D eigenvalue weighted by atomic mass is 9.57. The minimum absolute atomic E-state index is 0.209. The van der Waals surface area contributed by atoms with E-state index in [-0.39, 0.29) is 5.92 Å². The second-order valence-electron chi connectivity index (χ2n) is 5.41. The van der Waals surface area contributed by atoms with Gasteiger partial charge in [0.15, 0.2) is 0 Å². The van der Waals surface area contributed by atoms with E-state index in [9.17, 15) is 5.26 Å². The molecule has 0 aliphatic heterocycles. The standard InChI is InChI=1S/C15H16ClN/c16-13-3-1-2-12(8-13)15-11-6-4-10(5-7-11)14(15)9-17/h1-3,8,10-11,14-15H,4-7H2/t10?,11?,14-,15-/m1/s1. The summed E-state index contributed by atoms with van der Waals surface area (Å²) in [5.74, 6) is 1.95. The Morgan fingerprint density at radius 2 is 1.82 bits per heavy atom. The van der Waals surface area contributed by atoms with Crippen LogP contribution in [0.3, 0.4) is 0 Å². The van der Waals surface area contributed by atoms with Gasteiger partial charge in [-0.15, -0.1) is 0 Å². The molecule has 0 spiro atoms. The molecule has 3 saturated carbocycles. The molecule has 0 amide bonds. The minimum atomic E-state index is 0.209. The molecule has 0 heterocycles. The smallest absolute Gasteiger partial charge is 0.0665 e. The molecule has 2 bridgehead atoms. The number of benzene rings is 1. The Hall–Kier alpha value is -1.00. The molecule has 88 valence electrons. The molecule has 0 aromatic heterocycles. The van der Waals surface area contributed by atoms with Crippen LogP contribution < -0.4 is 0 Å². The van der Waals surface area contributed by atoms with Crippen molar-refractivity contribution in [3.63, 3.8) is 0 Å². The van der Waals surface area contributed by atoms with Gasteiger partial charge in [0.1, 0.15) is 0 Å². The van der Waals surface area contributed by atoms with Gasteiger partial charge in [0.05, 0.1) is 12.0 Å². The molecule has 4 rings (SSSR count). The lowest BCUT2D eigenvalue weighted by Gasteiger charge is -2.46. The van der Waals surface area contributed by atoms with E-state index in [1.54, 1.807) is 0 Å². The molecule has 17 heavy (non-hydrogen) atoms. The van der Waals surface area contributed by atoms with Crippen LogP contribution in [0.5, 0.6) is 0 Å². The monoisotopic (exact) mass is 245 g/mol. The Balaban J connectivity index is 1.98. The highest BCUT2D eigenvalue weighted by molar-refractivity contribution is 6.30. The average molecular weight is 246 g/mol. The van der Waals surface area contributed by atoms with Crippen molar-refractivity contribution in [3.8, 4) is 6.07 Å². The van der Waals surface area contributed by atoms with Crippen LogP contribution in [-0.2, 0) is 0 Å². The predicted molar refractivity (Wildman–Crippen MR) is 68.7 cm³/mol. The summed E-state index contributed by atoms with van der Waals surface area (Å²) < 4.78 is 0. The lowest BCUT2D eigenvalue weighted by Crippen LogP contribution is -2.37. The summed E-state index contributed by atoms with van der Waals surface area (Å²) in [4.78, 5) is 0. The van der Waals surface area contributed by atoms with Crippen molar-refractivity contribution in [1.82, 2.24) is 0 Å². The van der Waals surface area contributed by atoms with E-state index in [1.807, 2.05) is 12.1 Å². The molecular formula is C15H16ClN. The van der Waals surface area contributed by atoms with Gasteiger partial charge in [-0.05, 0) is 55.2 Å². The highest BCUT2D eigenvalue weighted by Gasteiger charge is 2.44. The van der Waals surface area contributed by atoms with Gasteiger partial charge in [0.2, 0.25) is 0 Å². The van der Waals surface area contributed by atoms with Crippen molar-refractivity contribution in [2.45, 2.75) is 31.6 Å². The second-order valence-corrected chi connectivity index (χ2v) is 5.85. The van der Waals surface area contributed by atoms with Crippen LogP contribution in [-0.4, -0.2) is 0 Å². The van der Waals surface area contributed by atoms with Crippen LogP contribution in [0.1, 0.15) is 37.2 Å². The van der Waals surface area contributed by atoms with Gasteiger partial charge < -0.3 is 0 Å². The van der Waals surface area contributed by atoms with Crippen molar-refractivity contribution in [2.75, 3.05) is 0 Å². The Kier molecular flexibility index (Phi) is 2.84. The summed E-state index contributed by atoms with van der Waals surface area (Å²) in [6.07, 6.45) is 5.08. The van der Waals surface area contributed by atoms with E-state index in [1.165, 1.54) is 31.2 Å². The fourth-order valence-electron chi connectivity index (χ4n) is 3.83. The first-order valence-corrected chi connectivity index (χ1v) is 6.82. The molecule has 1 nitrogen and oxygen atoms in total. The molecule has 0 N–H and O–H groups in total. The van der Waals surface area contributed by atoms with Crippen molar-refractivity contribution < 1.29 is 0 Å². The first-order chi connectivity index (χ1) is 8.29. The lowest BCUT2D eigenvalue weighted by molar-refractivity contribution is 0.100. The highest BCUT2D eigenvalue weighted by atomic mass is 35.5. The van der Waals surface area contributed by atoms with Crippen LogP contribution in [0.15, 0.2) is 24.3 Å². The zero-order chi connectivity index (χ0) is 11.8. The molecule has 2 heteroatoms. The third-order valence-corrected chi connectivity index (χ3v) is 4.84. The molecule has 0 radical (unpaired) electrons. The Labute approximate surface area is 107 Å². The van der Waals surface area contributed by atoms with Crippen LogP contribution in [0, 0.1) is 29.1 Å². The number of rotatable bonds is 1. The number of hydrogen-bond acceptors (Lipinski definition) is 1. The maximum Gasteiger partial charge on any atom is 0.0665 e. The highest BCUT2D eigenvalue weighted by Crippen LogP contribution is 2.53. The first-order valence-electron chi connectivity index (χ1n) is 6.44. The Morgan fingerprint density at radius 1 is 1.12 bits per heavy atom. The summed E-state index contributed by atoms with van der Waals surface area (Å²) in [5.41, 5.74) is 1.28. The van der Waals surface area contributed by atoms with Gasteiger partial charge in [0.25, 0.3) is 0 Å². The van der Waals surface area contributed by atoms with E-state index in [4.69, 9.17) is 11.6 Å². The molecule has 3 fully saturated rings. The third-order valence-electron chi connectivity index (χ3n) is 4.60. The third kappa shape index (κ3) is 1.85. The molecular weight excluding hydrogens is 230 g/mol. The predicted octanol–water partition coefficient (Wildman–Crippen LogP) is 4.38. The van der Waals surface area contributed by atoms with Gasteiger partial charge in [-0.2, -0.15) is 5.26 Å². The maximum absolute atomic E-state index is 9.43. The molecule has 0 saturated heterocycles. The Bertz CT molecular complexity index is 454. The molecule has 1 aromatic rings. The fraction of sp³-hybridized carbons (Fsp3) is 0.533. The van der Waals surface area contributed by atoms with Crippen LogP contribution in [0.25, 0.3) is 0 Å². The number of fused-ring (bicyclic) bond motifs is 3. The maximum atomic E-state index is 9.43. The topological polar surface area (TPSA) is 23.8 Å². The largest absolute Gasteiger partial charge is 0.198 e. The van der Waals surface area contributed by atoms with E-state index < -0.39 is 0 Å². The quantitative estimate of drug-likeness (QED) is 0.720. The van der Waals surface area contributed by atoms with Gasteiger partial charge >= 0.3 is 0 Å². The van der Waals surface area contributed by atoms with Crippen molar-refractivity contribution >= 4 is 11.6 Å². The van der Waals surface area contributed by atoms with Gasteiger partial charge in [-0.3, -0.25) is 0 Å². The number of nitrogens with zero attached hydrogens (tertiary/aromatic N) is 1. The zero-order valence-corrected chi connectivity index (χ0v) is 10.5. The van der Waals surface area contributed by atoms with Crippen LogP contribution in [0.4, 0.5) is 0 Å². The van der Waals surface area contributed by atoms with E-state index in [0.29, 0.717) is 17.8 Å². The summed E-state index contributed by atoms with van der Waals surface area (Å²) in [7, 11) is 0. The zero-order valence-electron chi connectivity index (χ0n) is 9.77. The molecule has 3 aliphatic carbocycles. The molecule has 3 aliphatic rings. The van der Waals surface area contributed by atoms with E-state index in [2.05, 4.69) is 18.2 Å². The Morgan fingerprint density at radius 3 is 2.47 bits per heavy atom. The molecule has 0 unspecified atom stereocenters. The van der Waals surface area contributed by atoms with E-state index in [0.717, 1.165) is 5.02 Å². The van der Waals surface area contributed by atoms with Gasteiger partial charge in [0, 0.05) is 10.9 Å². The summed E-state index contributed by atoms with van der Waals surface area (Å²) in [5, 5.41) is 10.2. The number of nitriles is 1. The normalized spacial score (nSPS) is 35.5. The summed E-state index contributed by atoms with van der Waals surface area (Å²) in [6.45, 7) is 0. The van der Waals surface area contributed by atoms with Crippen molar-refractivity contribution in [2.24, 2.45) is 17.8 Å². The molecule has 2 atom stereocenters. The minimum Gasteiger partial charge on any atom is -0.198 e. The summed E-state index contributed by atoms with van der Waals surface area (Å²) in [6, 6.07) is 10.7. The summed E-state index contributed by atoms with van der Waals surface area (Å²) >= 11 is 6.07. The molecule has 1 aromatic carbocycles. The number of halogens is 1. The van der Waals surface area contributed by atoms with Gasteiger partial charge in [-0.25, -0.2) is 0 Å². The fourth-order valence-corrected chi connectivity index (χ4v) is 4.03. The van der Waals surface area contributed by atoms with E-state index >= 15 is 0 Å². The average Bonchev–Trinajstić information content (AvgIpc) is 2.39. The van der Waals surface area contributed by atoms with Crippen LogP contribution >= 0.6 is 11.6 Å². The van der Waals surface area contributed by atoms with Crippen molar-refractivity contribution in [3.05, 3.63) is 34.9 Å².